The van der Waals surface area contributed by atoms with Gasteiger partial charge in [0.25, 0.3) is 11.8 Å². The molecule has 1 N–H and O–H groups in total. The summed E-state index contributed by atoms with van der Waals surface area (Å²) in [5, 5.41) is 7.76. The van der Waals surface area contributed by atoms with Crippen molar-refractivity contribution in [3.05, 3.63) is 106 Å². The highest BCUT2D eigenvalue weighted by Crippen LogP contribution is 2.15. The van der Waals surface area contributed by atoms with E-state index in [0.29, 0.717) is 22.0 Å². The van der Waals surface area contributed by atoms with Crippen LogP contribution in [-0.4, -0.2) is 21.0 Å². The molecular weight excluding hydrogens is 420 g/mol. The van der Waals surface area contributed by atoms with Crippen molar-refractivity contribution in [1.29, 1.82) is 0 Å². The first-order valence-electron chi connectivity index (χ1n) is 8.97. The van der Waals surface area contributed by atoms with Gasteiger partial charge < -0.3 is 5.32 Å². The Kier molecular flexibility index (Phi) is 5.83. The number of hydrogen-bond donors (Lipinski definition) is 1. The molecule has 0 atom stereocenters. The van der Waals surface area contributed by atoms with Crippen molar-refractivity contribution in [2.45, 2.75) is 0 Å². The molecule has 3 aromatic carbocycles. The average Bonchev–Trinajstić information content (AvgIpc) is 3.19. The van der Waals surface area contributed by atoms with Crippen LogP contribution in [0.3, 0.4) is 0 Å². The molecule has 2 amide bonds. The number of hydrogen-bond acceptors (Lipinski definition) is 4. The number of halogens is 1. The summed E-state index contributed by atoms with van der Waals surface area (Å²) in [5.74, 6) is -0.902. The molecular formula is C22H15ClN4O2S. The standard InChI is InChI=1S/C22H15ClN4O2S/c23-16-11-13-18(14-12-16)27-26-19(21(29)24-17-9-5-2-6-10-17)22(30-27)25-20(28)15-7-3-1-4-8-15/h1-14H,(H,24,29). The van der Waals surface area contributed by atoms with E-state index in [1.54, 1.807) is 60.7 Å². The molecule has 1 aromatic heterocycles. The molecule has 0 fully saturated rings. The monoisotopic (exact) mass is 434 g/mol. The van der Waals surface area contributed by atoms with E-state index < -0.39 is 11.8 Å². The van der Waals surface area contributed by atoms with Crippen LogP contribution >= 0.6 is 23.1 Å². The number of rotatable bonds is 4. The fourth-order valence-corrected chi connectivity index (χ4v) is 3.61. The van der Waals surface area contributed by atoms with Crippen molar-refractivity contribution >= 4 is 40.6 Å². The summed E-state index contributed by atoms with van der Waals surface area (Å²) in [7, 11) is 0. The lowest BCUT2D eigenvalue weighted by molar-refractivity contribution is 0.0999. The van der Waals surface area contributed by atoms with Gasteiger partial charge in [-0.3, -0.25) is 9.59 Å². The van der Waals surface area contributed by atoms with Crippen LogP contribution in [0.25, 0.3) is 5.69 Å². The highest BCUT2D eigenvalue weighted by molar-refractivity contribution is 7.04. The second-order valence-electron chi connectivity index (χ2n) is 6.20. The van der Waals surface area contributed by atoms with Gasteiger partial charge in [0.15, 0.2) is 10.4 Å². The smallest absolute Gasteiger partial charge is 0.279 e. The number of amides is 2. The van der Waals surface area contributed by atoms with E-state index in [2.05, 4.69) is 15.4 Å². The second-order valence-corrected chi connectivity index (χ2v) is 7.55. The van der Waals surface area contributed by atoms with Gasteiger partial charge in [0.2, 0.25) is 0 Å². The summed E-state index contributed by atoms with van der Waals surface area (Å²) in [5.41, 5.74) is 1.81. The summed E-state index contributed by atoms with van der Waals surface area (Å²) in [6.07, 6.45) is 0. The van der Waals surface area contributed by atoms with Crippen molar-refractivity contribution in [3.8, 4) is 5.69 Å². The zero-order chi connectivity index (χ0) is 20.9. The third kappa shape index (κ3) is 4.53. The van der Waals surface area contributed by atoms with Crippen molar-refractivity contribution < 1.29 is 9.59 Å². The van der Waals surface area contributed by atoms with E-state index in [0.717, 1.165) is 11.5 Å². The Hall–Kier alpha value is -3.55. The van der Waals surface area contributed by atoms with E-state index >= 15 is 0 Å². The summed E-state index contributed by atoms with van der Waals surface area (Å²) < 4.78 is 1.75. The SMILES string of the molecule is O=C(N=c1sn(-c2ccc(Cl)cc2)nc1C(=O)Nc1ccccc1)c1ccccc1. The highest BCUT2D eigenvalue weighted by Gasteiger charge is 2.17. The molecule has 1 heterocycles. The Balaban J connectivity index is 1.76. The molecule has 4 aromatic rings. The highest BCUT2D eigenvalue weighted by atomic mass is 35.5. The number of carbonyl (C=O) groups excluding carboxylic acids is 2. The lowest BCUT2D eigenvalue weighted by Gasteiger charge is -2.02. The Morgan fingerprint density at radius 2 is 1.53 bits per heavy atom. The molecule has 0 aliphatic rings. The van der Waals surface area contributed by atoms with Gasteiger partial charge in [0.1, 0.15) is 0 Å². The minimum absolute atomic E-state index is 0.0584. The van der Waals surface area contributed by atoms with Crippen LogP contribution < -0.4 is 9.99 Å². The van der Waals surface area contributed by atoms with Crippen molar-refractivity contribution in [1.82, 2.24) is 9.17 Å². The van der Waals surface area contributed by atoms with Crippen LogP contribution in [0.15, 0.2) is 89.9 Å². The van der Waals surface area contributed by atoms with Crippen LogP contribution in [0, 0.1) is 0 Å². The normalized spacial score (nSPS) is 11.3. The molecule has 30 heavy (non-hydrogen) atoms. The average molecular weight is 435 g/mol. The van der Waals surface area contributed by atoms with Gasteiger partial charge in [-0.05, 0) is 60.1 Å². The molecule has 0 unspecified atom stereocenters. The first kappa shape index (κ1) is 19.8. The van der Waals surface area contributed by atoms with Gasteiger partial charge in [-0.2, -0.15) is 9.06 Å². The molecule has 0 aliphatic carbocycles. The predicted molar refractivity (Wildman–Crippen MR) is 117 cm³/mol. The molecule has 0 saturated carbocycles. The third-order valence-corrected chi connectivity index (χ3v) is 5.26. The molecule has 0 bridgehead atoms. The number of nitrogens with zero attached hydrogens (tertiary/aromatic N) is 3. The van der Waals surface area contributed by atoms with E-state index in [9.17, 15) is 9.59 Å². The molecule has 0 aliphatic heterocycles. The van der Waals surface area contributed by atoms with Crippen molar-refractivity contribution in [2.75, 3.05) is 5.32 Å². The predicted octanol–water partition coefficient (Wildman–Crippen LogP) is 4.58. The van der Waals surface area contributed by atoms with Gasteiger partial charge >= 0.3 is 0 Å². The summed E-state index contributed by atoms with van der Waals surface area (Å²) >= 11 is 7.05. The molecule has 148 valence electrons. The van der Waals surface area contributed by atoms with Crippen molar-refractivity contribution in [3.63, 3.8) is 0 Å². The number of para-hydroxylation sites is 1. The number of anilines is 1. The van der Waals surface area contributed by atoms with Crippen LogP contribution in [0.2, 0.25) is 5.02 Å². The van der Waals surface area contributed by atoms with E-state index in [4.69, 9.17) is 11.6 Å². The third-order valence-electron chi connectivity index (χ3n) is 4.08. The summed E-state index contributed by atoms with van der Waals surface area (Å²) in [6.45, 7) is 0. The maximum atomic E-state index is 12.9. The van der Waals surface area contributed by atoms with Gasteiger partial charge in [-0.15, -0.1) is 5.10 Å². The van der Waals surface area contributed by atoms with E-state index in [-0.39, 0.29) is 10.4 Å². The number of aromatic nitrogens is 2. The minimum atomic E-state index is -0.454. The molecule has 0 radical (unpaired) electrons. The molecule has 0 spiro atoms. The maximum Gasteiger partial charge on any atom is 0.279 e. The first-order chi connectivity index (χ1) is 14.6. The van der Waals surface area contributed by atoms with E-state index in [1.807, 2.05) is 24.3 Å². The van der Waals surface area contributed by atoms with Crippen LogP contribution in [0.1, 0.15) is 20.8 Å². The Labute approximate surface area is 181 Å². The molecule has 8 heteroatoms. The van der Waals surface area contributed by atoms with Gasteiger partial charge in [-0.1, -0.05) is 48.0 Å². The lowest BCUT2D eigenvalue weighted by atomic mass is 10.2. The molecule has 6 nitrogen and oxygen atoms in total. The molecule has 4 rings (SSSR count). The fraction of sp³-hybridized carbons (Fsp3) is 0. The minimum Gasteiger partial charge on any atom is -0.321 e. The van der Waals surface area contributed by atoms with Crippen LogP contribution in [0.5, 0.6) is 0 Å². The van der Waals surface area contributed by atoms with Gasteiger partial charge in [-0.25, -0.2) is 0 Å². The second kappa shape index (κ2) is 8.86. The summed E-state index contributed by atoms with van der Waals surface area (Å²) in [4.78, 5) is 29.6. The summed E-state index contributed by atoms with van der Waals surface area (Å²) in [6, 6.07) is 24.7. The lowest BCUT2D eigenvalue weighted by Crippen LogP contribution is -2.20. The number of carbonyl (C=O) groups is 2. The van der Waals surface area contributed by atoms with Gasteiger partial charge in [0, 0.05) is 16.3 Å². The Morgan fingerprint density at radius 1 is 0.900 bits per heavy atom. The zero-order valence-corrected chi connectivity index (χ0v) is 17.1. The zero-order valence-electron chi connectivity index (χ0n) is 15.5. The Morgan fingerprint density at radius 3 is 2.20 bits per heavy atom. The van der Waals surface area contributed by atoms with E-state index in [1.165, 1.54) is 4.07 Å². The van der Waals surface area contributed by atoms with Crippen LogP contribution in [0.4, 0.5) is 5.69 Å². The maximum absolute atomic E-state index is 12.9. The number of benzene rings is 3. The first-order valence-corrected chi connectivity index (χ1v) is 10.1. The number of nitrogens with one attached hydrogen (secondary N) is 1. The van der Waals surface area contributed by atoms with Gasteiger partial charge in [0.05, 0.1) is 5.69 Å². The molecule has 0 saturated heterocycles. The quantitative estimate of drug-likeness (QED) is 0.510. The Bertz CT molecular complexity index is 1250. The fourth-order valence-electron chi connectivity index (χ4n) is 2.62. The van der Waals surface area contributed by atoms with Crippen molar-refractivity contribution in [2.24, 2.45) is 4.99 Å². The largest absolute Gasteiger partial charge is 0.321 e. The van der Waals surface area contributed by atoms with Crippen LogP contribution in [-0.2, 0) is 0 Å². The topological polar surface area (TPSA) is 76.3 Å².